The van der Waals surface area contributed by atoms with Crippen LogP contribution in [-0.4, -0.2) is 25.9 Å². The van der Waals surface area contributed by atoms with Crippen molar-refractivity contribution < 1.29 is 22.5 Å². The van der Waals surface area contributed by atoms with Crippen LogP contribution >= 0.6 is 0 Å². The summed E-state index contributed by atoms with van der Waals surface area (Å²) < 4.78 is 35.4. The maximum atomic E-state index is 13.2. The number of nitrogens with zero attached hydrogens (tertiary/aromatic N) is 1. The van der Waals surface area contributed by atoms with E-state index < -0.39 is 36.7 Å². The van der Waals surface area contributed by atoms with Crippen LogP contribution in [0.4, 0.5) is 10.1 Å². The van der Waals surface area contributed by atoms with Crippen LogP contribution in [0.5, 0.6) is 0 Å². The molecular formula is C8H6FNO5S. The normalized spacial score (nSPS) is 11.1. The maximum absolute atomic E-state index is 13.2. The summed E-state index contributed by atoms with van der Waals surface area (Å²) in [5, 5.41) is 10.5. The Morgan fingerprint density at radius 2 is 2.00 bits per heavy atom. The van der Waals surface area contributed by atoms with E-state index in [2.05, 4.69) is 0 Å². The molecule has 0 aliphatic rings. The smallest absolute Gasteiger partial charge is 0.281 e. The second-order valence-corrected chi connectivity index (χ2v) is 4.97. The minimum atomic E-state index is -3.91. The fraction of sp³-hybridized carbons (Fsp3) is 0.125. The van der Waals surface area contributed by atoms with Crippen molar-refractivity contribution in [2.75, 3.05) is 6.26 Å². The monoisotopic (exact) mass is 247 g/mol. The standard InChI is InChI=1S/C8H6FNO5S/c1-16(14,15)8-3-7(10(12)13)5(4-11)2-6(8)9/h2-4H,1H3. The molecule has 0 amide bonds. The number of carbonyl (C=O) groups is 1. The van der Waals surface area contributed by atoms with Gasteiger partial charge in [-0.25, -0.2) is 12.8 Å². The summed E-state index contributed by atoms with van der Waals surface area (Å²) in [5.41, 5.74) is -1.24. The van der Waals surface area contributed by atoms with E-state index >= 15 is 0 Å². The van der Waals surface area contributed by atoms with Crippen LogP contribution in [0, 0.1) is 15.9 Å². The van der Waals surface area contributed by atoms with Gasteiger partial charge in [0.15, 0.2) is 16.1 Å². The molecule has 0 bridgehead atoms. The molecule has 0 fully saturated rings. The van der Waals surface area contributed by atoms with Gasteiger partial charge in [-0.2, -0.15) is 0 Å². The second-order valence-electron chi connectivity index (χ2n) is 2.99. The summed E-state index contributed by atoms with van der Waals surface area (Å²) >= 11 is 0. The van der Waals surface area contributed by atoms with E-state index in [1.807, 2.05) is 0 Å². The van der Waals surface area contributed by atoms with Crippen molar-refractivity contribution in [3.63, 3.8) is 0 Å². The average Bonchev–Trinajstić information content (AvgIpc) is 2.14. The summed E-state index contributed by atoms with van der Waals surface area (Å²) in [6, 6.07) is 1.07. The number of hydrogen-bond donors (Lipinski definition) is 0. The highest BCUT2D eigenvalue weighted by molar-refractivity contribution is 7.90. The van der Waals surface area contributed by atoms with Crippen LogP contribution < -0.4 is 0 Å². The van der Waals surface area contributed by atoms with Gasteiger partial charge < -0.3 is 0 Å². The molecule has 16 heavy (non-hydrogen) atoms. The van der Waals surface area contributed by atoms with E-state index in [1.54, 1.807) is 0 Å². The summed E-state index contributed by atoms with van der Waals surface area (Å²) in [7, 11) is -3.91. The summed E-state index contributed by atoms with van der Waals surface area (Å²) in [6.07, 6.45) is 0.809. The van der Waals surface area contributed by atoms with Gasteiger partial charge in [-0.3, -0.25) is 14.9 Å². The zero-order chi connectivity index (χ0) is 12.5. The largest absolute Gasteiger partial charge is 0.298 e. The second kappa shape index (κ2) is 3.97. The molecule has 0 spiro atoms. The Morgan fingerprint density at radius 3 is 2.38 bits per heavy atom. The third-order valence-electron chi connectivity index (χ3n) is 1.80. The molecule has 0 aromatic heterocycles. The van der Waals surface area contributed by atoms with Gasteiger partial charge >= 0.3 is 0 Å². The van der Waals surface area contributed by atoms with Gasteiger partial charge in [0.05, 0.1) is 10.5 Å². The molecule has 86 valence electrons. The molecule has 0 aliphatic carbocycles. The lowest BCUT2D eigenvalue weighted by atomic mass is 10.2. The Kier molecular flexibility index (Phi) is 3.04. The van der Waals surface area contributed by atoms with Gasteiger partial charge in [0.1, 0.15) is 10.7 Å². The first-order valence-electron chi connectivity index (χ1n) is 3.90. The molecule has 0 unspecified atom stereocenters. The SMILES string of the molecule is CS(=O)(=O)c1cc([N+](=O)[O-])c(C=O)cc1F. The third-order valence-corrected chi connectivity index (χ3v) is 2.92. The Labute approximate surface area is 89.8 Å². The van der Waals surface area contributed by atoms with Crippen molar-refractivity contribution in [3.05, 3.63) is 33.6 Å². The first kappa shape index (κ1) is 12.2. The quantitative estimate of drug-likeness (QED) is 0.450. The minimum Gasteiger partial charge on any atom is -0.298 e. The van der Waals surface area contributed by atoms with Gasteiger partial charge in [0.2, 0.25) is 0 Å². The predicted molar refractivity (Wildman–Crippen MR) is 51.6 cm³/mol. The summed E-state index contributed by atoms with van der Waals surface area (Å²) in [6.45, 7) is 0. The first-order valence-corrected chi connectivity index (χ1v) is 5.79. The fourth-order valence-corrected chi connectivity index (χ4v) is 1.83. The molecule has 0 saturated carbocycles. The lowest BCUT2D eigenvalue weighted by molar-refractivity contribution is -0.385. The van der Waals surface area contributed by atoms with Gasteiger partial charge in [-0.15, -0.1) is 0 Å². The number of halogens is 1. The maximum Gasteiger partial charge on any atom is 0.281 e. The van der Waals surface area contributed by atoms with Crippen LogP contribution in [-0.2, 0) is 9.84 Å². The Hall–Kier alpha value is -1.83. The number of sulfone groups is 1. The molecule has 0 atom stereocenters. The zero-order valence-corrected chi connectivity index (χ0v) is 8.82. The van der Waals surface area contributed by atoms with Gasteiger partial charge in [-0.1, -0.05) is 0 Å². The molecule has 0 N–H and O–H groups in total. The van der Waals surface area contributed by atoms with Crippen LogP contribution in [0.25, 0.3) is 0 Å². The highest BCUT2D eigenvalue weighted by atomic mass is 32.2. The highest BCUT2D eigenvalue weighted by Gasteiger charge is 2.22. The van der Waals surface area contributed by atoms with Crippen molar-refractivity contribution in [2.45, 2.75) is 4.90 Å². The lowest BCUT2D eigenvalue weighted by Crippen LogP contribution is -2.04. The zero-order valence-electron chi connectivity index (χ0n) is 8.01. The Morgan fingerprint density at radius 1 is 1.44 bits per heavy atom. The minimum absolute atomic E-state index is 0.0905. The first-order chi connectivity index (χ1) is 7.27. The number of benzene rings is 1. The van der Waals surface area contributed by atoms with Crippen LogP contribution in [0.15, 0.2) is 17.0 Å². The van der Waals surface area contributed by atoms with E-state index in [-0.39, 0.29) is 6.29 Å². The number of nitro benzene ring substituents is 1. The van der Waals surface area contributed by atoms with E-state index in [9.17, 15) is 27.7 Å². The predicted octanol–water partition coefficient (Wildman–Crippen LogP) is 0.950. The number of aldehydes is 1. The molecule has 0 radical (unpaired) electrons. The summed E-state index contributed by atoms with van der Waals surface area (Å²) in [5.74, 6) is -1.18. The molecule has 6 nitrogen and oxygen atoms in total. The molecule has 1 aromatic carbocycles. The number of hydrogen-bond acceptors (Lipinski definition) is 5. The summed E-state index contributed by atoms with van der Waals surface area (Å²) in [4.78, 5) is 19.2. The Balaban J connectivity index is 3.64. The van der Waals surface area contributed by atoms with Crippen molar-refractivity contribution in [3.8, 4) is 0 Å². The molecule has 0 heterocycles. The van der Waals surface area contributed by atoms with Gasteiger partial charge in [0.25, 0.3) is 5.69 Å². The van der Waals surface area contributed by atoms with Crippen LogP contribution in [0.1, 0.15) is 10.4 Å². The molecule has 1 aromatic rings. The van der Waals surface area contributed by atoms with Crippen molar-refractivity contribution in [1.82, 2.24) is 0 Å². The van der Waals surface area contributed by atoms with E-state index in [1.165, 1.54) is 0 Å². The van der Waals surface area contributed by atoms with Gasteiger partial charge in [-0.05, 0) is 6.07 Å². The van der Waals surface area contributed by atoms with Gasteiger partial charge in [0, 0.05) is 12.3 Å². The number of rotatable bonds is 3. The van der Waals surface area contributed by atoms with Crippen molar-refractivity contribution in [2.24, 2.45) is 0 Å². The van der Waals surface area contributed by atoms with E-state index in [4.69, 9.17) is 0 Å². The highest BCUT2D eigenvalue weighted by Crippen LogP contribution is 2.24. The molecule has 0 aliphatic heterocycles. The molecule has 8 heteroatoms. The van der Waals surface area contributed by atoms with Crippen LogP contribution in [0.2, 0.25) is 0 Å². The number of carbonyl (C=O) groups excluding carboxylic acids is 1. The Bertz CT molecular complexity index is 566. The van der Waals surface area contributed by atoms with E-state index in [0.29, 0.717) is 12.1 Å². The lowest BCUT2D eigenvalue weighted by Gasteiger charge is -2.02. The molecular weight excluding hydrogens is 241 g/mol. The average molecular weight is 247 g/mol. The van der Waals surface area contributed by atoms with E-state index in [0.717, 1.165) is 6.26 Å². The number of nitro groups is 1. The fourth-order valence-electron chi connectivity index (χ4n) is 1.09. The molecule has 1 rings (SSSR count). The third kappa shape index (κ3) is 2.22. The van der Waals surface area contributed by atoms with Crippen molar-refractivity contribution in [1.29, 1.82) is 0 Å². The van der Waals surface area contributed by atoms with Crippen molar-refractivity contribution >= 4 is 21.8 Å². The topological polar surface area (TPSA) is 94.3 Å². The molecule has 0 saturated heterocycles. The van der Waals surface area contributed by atoms with Crippen LogP contribution in [0.3, 0.4) is 0 Å².